The molecule has 2 rings (SSSR count). The summed E-state index contributed by atoms with van der Waals surface area (Å²) in [4.78, 5) is 2.48. The fourth-order valence-corrected chi connectivity index (χ4v) is 14.8. The Morgan fingerprint density at radius 1 is 1.13 bits per heavy atom. The zero-order chi connectivity index (χ0) is 10.7. The van der Waals surface area contributed by atoms with Gasteiger partial charge in [-0.2, -0.15) is 0 Å². The van der Waals surface area contributed by atoms with E-state index in [0.717, 1.165) is 0 Å². The molecule has 2 heteroatoms. The summed E-state index contributed by atoms with van der Waals surface area (Å²) in [6.07, 6.45) is 1.17. The van der Waals surface area contributed by atoms with E-state index in [4.69, 9.17) is 0 Å². The van der Waals surface area contributed by atoms with Crippen LogP contribution in [0.3, 0.4) is 0 Å². The Balaban J connectivity index is 2.03. The first-order valence-corrected chi connectivity index (χ1v) is 14.7. The first-order chi connectivity index (χ1) is 7.29. The van der Waals surface area contributed by atoms with Gasteiger partial charge >= 0.3 is 102 Å². The average Bonchev–Trinajstić information content (AvgIpc) is 2.30. The third-order valence-corrected chi connectivity index (χ3v) is 16.2. The van der Waals surface area contributed by atoms with Crippen molar-refractivity contribution in [1.82, 2.24) is 4.90 Å². The van der Waals surface area contributed by atoms with E-state index in [1.54, 1.807) is 11.1 Å². The molecular weight excluding hydrogens is 375 g/mol. The maximum absolute atomic E-state index is 2.48. The molecule has 1 aliphatic heterocycles. The van der Waals surface area contributed by atoms with Gasteiger partial charge in [-0.25, -0.2) is 0 Å². The molecule has 0 unspecified atom stereocenters. The number of benzene rings is 1. The second kappa shape index (κ2) is 5.44. The Morgan fingerprint density at radius 2 is 1.73 bits per heavy atom. The van der Waals surface area contributed by atoms with Crippen molar-refractivity contribution in [3.8, 4) is 0 Å². The molecule has 1 aromatic rings. The molecule has 80 valence electrons. The molecule has 0 radical (unpaired) electrons. The standard InChI is InChI=1S/C8H9.C5H11N.Tl/c1-2-8-6-4-3-5-7-8;1-4-6(3)5-2;/h4-7H,2H2,1H3;1-2,4-5H2,3H3;. The number of nitrogens with zero attached hydrogens (tertiary/aromatic N) is 1. The topological polar surface area (TPSA) is 3.24 Å². The van der Waals surface area contributed by atoms with Gasteiger partial charge in [0.1, 0.15) is 0 Å². The maximum atomic E-state index is 2.48. The summed E-state index contributed by atoms with van der Waals surface area (Å²) in [5.74, 6) is 0. The van der Waals surface area contributed by atoms with Crippen molar-refractivity contribution in [3.63, 3.8) is 0 Å². The van der Waals surface area contributed by atoms with Crippen LogP contribution in [0.4, 0.5) is 0 Å². The van der Waals surface area contributed by atoms with E-state index in [0.29, 0.717) is 0 Å². The average molecular weight is 395 g/mol. The third kappa shape index (κ3) is 3.03. The Labute approximate surface area is 102 Å². The minimum absolute atomic E-state index is 1.17. The molecule has 0 saturated carbocycles. The fraction of sp³-hybridized carbons (Fsp3) is 0.538. The summed E-state index contributed by atoms with van der Waals surface area (Å²) < 4.78 is 4.85. The van der Waals surface area contributed by atoms with Gasteiger partial charge in [0.15, 0.2) is 0 Å². The number of aryl methyl sites for hydroxylation is 1. The van der Waals surface area contributed by atoms with E-state index in [1.807, 2.05) is 0 Å². The van der Waals surface area contributed by atoms with Crippen molar-refractivity contribution < 1.29 is 0 Å². The fourth-order valence-electron chi connectivity index (χ4n) is 2.37. The molecule has 1 saturated heterocycles. The van der Waals surface area contributed by atoms with Crippen molar-refractivity contribution in [2.45, 2.75) is 21.3 Å². The van der Waals surface area contributed by atoms with Gasteiger partial charge in [-0.15, -0.1) is 0 Å². The number of rotatable bonds is 2. The van der Waals surface area contributed by atoms with Crippen LogP contribution in [-0.2, 0) is 6.42 Å². The second-order valence-corrected chi connectivity index (χ2v) is 17.2. The van der Waals surface area contributed by atoms with Crippen LogP contribution in [0, 0.1) is 0 Å². The molecule has 15 heavy (non-hydrogen) atoms. The first kappa shape index (κ1) is 11.6. The summed E-state index contributed by atoms with van der Waals surface area (Å²) in [7, 11) is 2.25. The van der Waals surface area contributed by atoms with Crippen molar-refractivity contribution in [2.75, 3.05) is 20.1 Å². The molecule has 0 N–H and O–H groups in total. The van der Waals surface area contributed by atoms with Crippen molar-refractivity contribution in [2.24, 2.45) is 0 Å². The summed E-state index contributed by atoms with van der Waals surface area (Å²) in [5.41, 5.74) is 1.49. The molecule has 1 aliphatic rings. The number of hydrogen-bond acceptors (Lipinski definition) is 1. The van der Waals surface area contributed by atoms with Crippen LogP contribution >= 0.6 is 0 Å². The van der Waals surface area contributed by atoms with Crippen LogP contribution < -0.4 is 3.12 Å². The van der Waals surface area contributed by atoms with Gasteiger partial charge in [0, 0.05) is 0 Å². The molecule has 0 atom stereocenters. The Kier molecular flexibility index (Phi) is 4.20. The van der Waals surface area contributed by atoms with E-state index in [-0.39, 0.29) is 0 Å². The third-order valence-electron chi connectivity index (χ3n) is 3.58. The van der Waals surface area contributed by atoms with Crippen molar-refractivity contribution in [1.29, 1.82) is 0 Å². The predicted molar refractivity (Wildman–Crippen MR) is 68.3 cm³/mol. The van der Waals surface area contributed by atoms with Crippen LogP contribution in [0.15, 0.2) is 24.3 Å². The molecule has 0 amide bonds. The van der Waals surface area contributed by atoms with E-state index in [2.05, 4.69) is 43.1 Å². The Morgan fingerprint density at radius 3 is 2.27 bits per heavy atom. The van der Waals surface area contributed by atoms with Crippen LogP contribution in [-0.4, -0.2) is 47.7 Å². The quantitative estimate of drug-likeness (QED) is 0.693. The molecule has 0 aliphatic carbocycles. The van der Waals surface area contributed by atoms with Gasteiger partial charge in [0.25, 0.3) is 0 Å². The van der Waals surface area contributed by atoms with Gasteiger partial charge in [-0.3, -0.25) is 0 Å². The summed E-state index contributed by atoms with van der Waals surface area (Å²) in [6.45, 7) is 4.93. The first-order valence-electron chi connectivity index (χ1n) is 6.07. The second-order valence-electron chi connectivity index (χ2n) is 4.67. The molecule has 0 aromatic heterocycles. The molecule has 1 heterocycles. The van der Waals surface area contributed by atoms with E-state index in [1.165, 1.54) is 25.1 Å². The van der Waals surface area contributed by atoms with Gasteiger partial charge < -0.3 is 0 Å². The molecule has 0 bridgehead atoms. The predicted octanol–water partition coefficient (Wildman–Crippen LogP) is 1.90. The van der Waals surface area contributed by atoms with Crippen molar-refractivity contribution in [3.05, 3.63) is 29.8 Å². The summed E-state index contributed by atoms with van der Waals surface area (Å²) >= 11 is -1.43. The van der Waals surface area contributed by atoms with Crippen LogP contribution in [0.1, 0.15) is 12.5 Å². The summed E-state index contributed by atoms with van der Waals surface area (Å²) in [6, 6.07) is 9.54. The molecule has 1 aromatic carbocycles. The van der Waals surface area contributed by atoms with Crippen LogP contribution in [0.5, 0.6) is 0 Å². The van der Waals surface area contributed by atoms with Gasteiger partial charge in [-0.05, 0) is 0 Å². The molecule has 0 spiro atoms. The van der Waals surface area contributed by atoms with Gasteiger partial charge in [0.05, 0.1) is 0 Å². The molecular formula is C13H20NTl. The van der Waals surface area contributed by atoms with Crippen molar-refractivity contribution >= 4 is 25.8 Å². The normalized spacial score (nSPS) is 18.1. The minimum atomic E-state index is -1.43. The monoisotopic (exact) mass is 395 g/mol. The zero-order valence-corrected chi connectivity index (χ0v) is 14.4. The molecule has 1 fully saturated rings. The van der Waals surface area contributed by atoms with E-state index in [9.17, 15) is 0 Å². The SMILES string of the molecule is CCc1cc[c]([Tl]2[CH2]CN(C)C[CH2]2)cc1. The van der Waals surface area contributed by atoms with E-state index >= 15 is 0 Å². The van der Waals surface area contributed by atoms with Crippen LogP contribution in [0.2, 0.25) is 7.96 Å². The zero-order valence-electron chi connectivity index (χ0n) is 9.87. The van der Waals surface area contributed by atoms with Gasteiger partial charge in [0.2, 0.25) is 0 Å². The van der Waals surface area contributed by atoms with Crippen LogP contribution in [0.25, 0.3) is 0 Å². The molecule has 1 nitrogen and oxygen atoms in total. The Hall–Kier alpha value is 0.102. The Bertz CT molecular complexity index is 299. The van der Waals surface area contributed by atoms with Gasteiger partial charge in [-0.1, -0.05) is 0 Å². The summed E-state index contributed by atoms with van der Waals surface area (Å²) in [5, 5.41) is 0. The number of hydrogen-bond donors (Lipinski definition) is 0. The van der Waals surface area contributed by atoms with E-state index < -0.39 is 22.7 Å².